The quantitative estimate of drug-likeness (QED) is 0.183. The molecule has 0 aromatic heterocycles. The average Bonchev–Trinajstić information content (AvgIpc) is 2.42. The summed E-state index contributed by atoms with van der Waals surface area (Å²) in [6.45, 7) is 5.40. The van der Waals surface area contributed by atoms with Gasteiger partial charge in [-0.15, -0.1) is 0 Å². The molecular formula is C15H23NO11. The van der Waals surface area contributed by atoms with Gasteiger partial charge in [0, 0.05) is 12.8 Å². The van der Waals surface area contributed by atoms with Crippen LogP contribution in [0, 0.1) is 16.7 Å². The monoisotopic (exact) mass is 393 g/mol. The highest BCUT2D eigenvalue weighted by molar-refractivity contribution is 5.87. The Hall–Kier alpha value is -3.18. The zero-order valence-corrected chi connectivity index (χ0v) is 15.1. The first-order valence-corrected chi connectivity index (χ1v) is 7.53. The number of carboxylic acids is 2. The molecule has 1 unspecified atom stereocenters. The molecule has 0 rings (SSSR count). The molecule has 1 atom stereocenters. The summed E-state index contributed by atoms with van der Waals surface area (Å²) < 4.78 is 7.53. The number of carboxylic acid groups (broad SMARTS) is 4. The lowest BCUT2D eigenvalue weighted by Gasteiger charge is -2.26. The number of ether oxygens (including phenoxy) is 2. The molecule has 0 saturated heterocycles. The first kappa shape index (κ1) is 26.1. The van der Waals surface area contributed by atoms with Gasteiger partial charge < -0.3 is 29.9 Å². The van der Waals surface area contributed by atoms with Crippen molar-refractivity contribution in [2.75, 3.05) is 0 Å². The summed E-state index contributed by atoms with van der Waals surface area (Å²) in [5.74, 6) is -4.19. The third-order valence-corrected chi connectivity index (χ3v) is 2.96. The largest absolute Gasteiger partial charge is 0.513 e. The van der Waals surface area contributed by atoms with Gasteiger partial charge >= 0.3 is 30.2 Å². The fourth-order valence-electron chi connectivity index (χ4n) is 1.72. The maximum atomic E-state index is 10.8. The predicted molar refractivity (Wildman–Crippen MR) is 87.6 cm³/mol. The van der Waals surface area contributed by atoms with Crippen LogP contribution in [0.5, 0.6) is 0 Å². The summed E-state index contributed by atoms with van der Waals surface area (Å²) in [6, 6.07) is 0. The van der Waals surface area contributed by atoms with Crippen LogP contribution in [0.4, 0.5) is 9.59 Å². The fraction of sp³-hybridized carbons (Fsp3) is 0.600. The van der Waals surface area contributed by atoms with Crippen LogP contribution in [0.15, 0.2) is 0 Å². The molecular weight excluding hydrogens is 370 g/mol. The first-order chi connectivity index (χ1) is 12.2. The Morgan fingerprint density at radius 3 is 1.67 bits per heavy atom. The fourth-order valence-corrected chi connectivity index (χ4v) is 1.72. The minimum Gasteiger partial charge on any atom is -0.481 e. The molecule has 0 aliphatic carbocycles. The van der Waals surface area contributed by atoms with E-state index in [0.29, 0.717) is 0 Å². The summed E-state index contributed by atoms with van der Waals surface area (Å²) in [5.41, 5.74) is -0.388. The van der Waals surface area contributed by atoms with Crippen molar-refractivity contribution in [2.45, 2.75) is 46.5 Å². The van der Waals surface area contributed by atoms with Gasteiger partial charge in [-0.1, -0.05) is 20.8 Å². The smallest absolute Gasteiger partial charge is 0.481 e. The van der Waals surface area contributed by atoms with E-state index >= 15 is 0 Å². The summed E-state index contributed by atoms with van der Waals surface area (Å²) in [5, 5.41) is 40.1. The molecule has 12 heteroatoms. The molecule has 12 nitrogen and oxygen atoms in total. The average molecular weight is 393 g/mol. The number of hydrogen-bond donors (Lipinski definition) is 5. The molecule has 0 spiro atoms. The molecule has 0 aliphatic heterocycles. The van der Waals surface area contributed by atoms with E-state index in [1.165, 1.54) is 0 Å². The van der Waals surface area contributed by atoms with E-state index in [1.807, 2.05) is 0 Å². The van der Waals surface area contributed by atoms with Crippen LogP contribution < -0.4 is 0 Å². The molecule has 0 saturated carbocycles. The van der Waals surface area contributed by atoms with Crippen molar-refractivity contribution in [3.63, 3.8) is 0 Å². The number of rotatable bonds is 7. The molecule has 0 aromatic carbocycles. The number of hydrogen-bond acceptors (Lipinski definition) is 8. The number of carbonyl (C=O) groups is 5. The van der Waals surface area contributed by atoms with Gasteiger partial charge in [0.25, 0.3) is 0 Å². The van der Waals surface area contributed by atoms with Gasteiger partial charge in [-0.25, -0.2) is 9.59 Å². The van der Waals surface area contributed by atoms with Gasteiger partial charge in [0.2, 0.25) is 0 Å². The highest BCUT2D eigenvalue weighted by Gasteiger charge is 2.31. The lowest BCUT2D eigenvalue weighted by atomic mass is 9.78. The number of carbonyl (C=O) groups excluding carboxylic acids is 1. The van der Waals surface area contributed by atoms with E-state index < -0.39 is 48.5 Å². The molecule has 154 valence electrons. The van der Waals surface area contributed by atoms with Gasteiger partial charge in [0.05, 0.1) is 12.3 Å². The zero-order valence-electron chi connectivity index (χ0n) is 15.1. The van der Waals surface area contributed by atoms with Crippen LogP contribution in [0.3, 0.4) is 0 Å². The van der Waals surface area contributed by atoms with Crippen molar-refractivity contribution < 1.29 is 53.9 Å². The van der Waals surface area contributed by atoms with Gasteiger partial charge in [-0.3, -0.25) is 19.8 Å². The summed E-state index contributed by atoms with van der Waals surface area (Å²) >= 11 is 0. The predicted octanol–water partition coefficient (Wildman–Crippen LogP) is 2.26. The third kappa shape index (κ3) is 16.1. The van der Waals surface area contributed by atoms with E-state index in [1.54, 1.807) is 20.8 Å². The van der Waals surface area contributed by atoms with Crippen molar-refractivity contribution in [2.24, 2.45) is 11.3 Å². The minimum absolute atomic E-state index is 0.0891. The maximum Gasteiger partial charge on any atom is 0.513 e. The Morgan fingerprint density at radius 2 is 1.33 bits per heavy atom. The highest BCUT2D eigenvalue weighted by Crippen LogP contribution is 2.29. The Bertz CT molecular complexity index is 549. The molecule has 0 bridgehead atoms. The van der Waals surface area contributed by atoms with Gasteiger partial charge in [0.15, 0.2) is 5.90 Å². The van der Waals surface area contributed by atoms with Crippen LogP contribution in [0.1, 0.15) is 46.5 Å². The number of aliphatic carboxylic acids is 2. The Labute approximate surface area is 154 Å². The standard InChI is InChI=1S/C9H16O4.C6H7NO7/c1-9(2,3)6(8(12)13)4-5-7(10)11;7-3(13-5(9)10)1-2-4(8)14-6(11)12/h6H,4-5H2,1-3H3,(H,10,11)(H,12,13);7H,1-2H2,(H,9,10)(H,11,12). The highest BCUT2D eigenvalue weighted by atomic mass is 16.7. The lowest BCUT2D eigenvalue weighted by molar-refractivity contribution is -0.146. The van der Waals surface area contributed by atoms with E-state index in [4.69, 9.17) is 25.8 Å². The van der Waals surface area contributed by atoms with Gasteiger partial charge in [-0.05, 0) is 11.8 Å². The Morgan fingerprint density at radius 1 is 0.852 bits per heavy atom. The van der Waals surface area contributed by atoms with Crippen molar-refractivity contribution in [3.8, 4) is 0 Å². The minimum atomic E-state index is -1.75. The van der Waals surface area contributed by atoms with E-state index in [2.05, 4.69) is 9.47 Å². The molecule has 0 aromatic rings. The van der Waals surface area contributed by atoms with Crippen LogP contribution in [0.25, 0.3) is 0 Å². The number of nitrogens with one attached hydrogen (secondary N) is 1. The summed E-state index contributed by atoms with van der Waals surface area (Å²) in [4.78, 5) is 51.2. The molecule has 0 heterocycles. The number of esters is 1. The molecule has 0 amide bonds. The second-order valence-electron chi connectivity index (χ2n) is 6.22. The third-order valence-electron chi connectivity index (χ3n) is 2.96. The van der Waals surface area contributed by atoms with Gasteiger partial charge in [-0.2, -0.15) is 0 Å². The van der Waals surface area contributed by atoms with Crippen LogP contribution in [-0.2, 0) is 23.9 Å². The van der Waals surface area contributed by atoms with Crippen molar-refractivity contribution in [3.05, 3.63) is 0 Å². The second kappa shape index (κ2) is 12.2. The van der Waals surface area contributed by atoms with Gasteiger partial charge in [0.1, 0.15) is 0 Å². The van der Waals surface area contributed by atoms with E-state index in [-0.39, 0.29) is 24.7 Å². The molecule has 0 aliphatic rings. The normalized spacial score (nSPS) is 11.2. The van der Waals surface area contributed by atoms with E-state index in [9.17, 15) is 24.0 Å². The second-order valence-corrected chi connectivity index (χ2v) is 6.22. The molecule has 0 radical (unpaired) electrons. The van der Waals surface area contributed by atoms with Crippen LogP contribution in [-0.4, -0.2) is 56.5 Å². The SMILES string of the molecule is CC(C)(C)C(CCC(=O)O)C(=O)O.N=C(CCC(=O)OC(=O)O)OC(=O)O. The topological polar surface area (TPSA) is 209 Å². The lowest BCUT2D eigenvalue weighted by Crippen LogP contribution is -2.28. The Balaban J connectivity index is 0. The Kier molecular flexibility index (Phi) is 11.8. The van der Waals surface area contributed by atoms with Crippen molar-refractivity contribution in [1.29, 1.82) is 5.41 Å². The maximum absolute atomic E-state index is 10.8. The molecule has 27 heavy (non-hydrogen) atoms. The van der Waals surface area contributed by atoms with E-state index in [0.717, 1.165) is 0 Å². The molecule has 0 fully saturated rings. The van der Waals surface area contributed by atoms with Crippen LogP contribution >= 0.6 is 0 Å². The first-order valence-electron chi connectivity index (χ1n) is 7.53. The molecule has 5 N–H and O–H groups in total. The van der Waals surface area contributed by atoms with Crippen LogP contribution in [0.2, 0.25) is 0 Å². The van der Waals surface area contributed by atoms with Crippen molar-refractivity contribution >= 4 is 36.1 Å². The van der Waals surface area contributed by atoms with Crippen molar-refractivity contribution in [1.82, 2.24) is 0 Å². The summed E-state index contributed by atoms with van der Waals surface area (Å²) in [6.07, 6.45) is -4.08. The summed E-state index contributed by atoms with van der Waals surface area (Å²) in [7, 11) is 0. The zero-order chi connectivity index (χ0) is 21.8.